The molecule has 1 aromatic heterocycles. The number of nitrogens with one attached hydrogen (secondary N) is 1. The van der Waals surface area contributed by atoms with Gasteiger partial charge in [-0.05, 0) is 18.6 Å². The molecule has 0 saturated heterocycles. The number of carbonyl (C=O) groups excluding carboxylic acids is 2. The number of phenolic OH excluding ortho intramolecular Hbond substituents is 1. The number of carbonyl (C=O) groups is 2. The van der Waals surface area contributed by atoms with Crippen molar-refractivity contribution >= 4 is 11.7 Å². The molecule has 10 heteroatoms. The predicted molar refractivity (Wildman–Crippen MR) is 99.9 cm³/mol. The van der Waals surface area contributed by atoms with Crippen LogP contribution in [0.1, 0.15) is 36.1 Å². The van der Waals surface area contributed by atoms with E-state index in [0.29, 0.717) is 5.56 Å². The van der Waals surface area contributed by atoms with E-state index in [1.165, 1.54) is 13.0 Å². The molecule has 0 radical (unpaired) electrons. The van der Waals surface area contributed by atoms with Crippen LogP contribution in [-0.4, -0.2) is 53.5 Å². The van der Waals surface area contributed by atoms with Gasteiger partial charge in [0.15, 0.2) is 11.4 Å². The molecule has 3 aliphatic rings. The number of hydrogen-bond acceptors (Lipinski definition) is 8. The second kappa shape index (κ2) is 5.48. The Labute approximate surface area is 169 Å². The maximum atomic E-state index is 12.5. The second-order valence-electron chi connectivity index (χ2n) is 8.26. The highest BCUT2D eigenvalue weighted by molar-refractivity contribution is 6.20. The molecule has 30 heavy (non-hydrogen) atoms. The van der Waals surface area contributed by atoms with Gasteiger partial charge in [-0.3, -0.25) is 14.7 Å². The fraction of sp³-hybridized carbons (Fsp3) is 0.350. The van der Waals surface area contributed by atoms with Crippen LogP contribution in [0.25, 0.3) is 11.3 Å². The van der Waals surface area contributed by atoms with E-state index < -0.39 is 58.6 Å². The quantitative estimate of drug-likeness (QED) is 0.305. The lowest BCUT2D eigenvalue weighted by atomic mass is 9.56. The average Bonchev–Trinajstić information content (AvgIpc) is 3.08. The molecular weight excluding hydrogens is 394 g/mol. The van der Waals surface area contributed by atoms with Crippen molar-refractivity contribution in [2.45, 2.75) is 36.6 Å². The van der Waals surface area contributed by atoms with Crippen LogP contribution in [0.5, 0.6) is 5.75 Å². The number of nitrogens with two attached hydrogens (primary N) is 1. The largest absolute Gasteiger partial charge is 0.508 e. The SMILES string of the molecule is C[C@@]1(O)c2cccc(O)c2-c2n[nH]c3c2C1C(O)C1CC(=O)C(C(N)=O)=C(O)C31O. The minimum atomic E-state index is -2.35. The van der Waals surface area contributed by atoms with Crippen LogP contribution in [0.2, 0.25) is 0 Å². The van der Waals surface area contributed by atoms with Gasteiger partial charge in [0.25, 0.3) is 5.91 Å². The molecule has 0 saturated carbocycles. The van der Waals surface area contributed by atoms with Crippen molar-refractivity contribution in [3.63, 3.8) is 0 Å². The number of benzene rings is 1. The van der Waals surface area contributed by atoms with Gasteiger partial charge in [0.2, 0.25) is 0 Å². The average molecular weight is 413 g/mol. The highest BCUT2D eigenvalue weighted by Gasteiger charge is 2.64. The molecule has 8 N–H and O–H groups in total. The van der Waals surface area contributed by atoms with E-state index in [9.17, 15) is 35.1 Å². The molecule has 10 nitrogen and oxygen atoms in total. The number of amides is 1. The minimum absolute atomic E-state index is 0.0734. The first-order chi connectivity index (χ1) is 14.0. The lowest BCUT2D eigenvalue weighted by Crippen LogP contribution is -2.58. The van der Waals surface area contributed by atoms with Gasteiger partial charge in [-0.15, -0.1) is 0 Å². The van der Waals surface area contributed by atoms with Gasteiger partial charge in [-0.2, -0.15) is 5.10 Å². The fourth-order valence-electron chi connectivity index (χ4n) is 5.40. The molecule has 0 aliphatic heterocycles. The van der Waals surface area contributed by atoms with Crippen LogP contribution in [0.4, 0.5) is 0 Å². The lowest BCUT2D eigenvalue weighted by Gasteiger charge is -2.52. The maximum Gasteiger partial charge on any atom is 0.255 e. The Bertz CT molecular complexity index is 1180. The van der Waals surface area contributed by atoms with Crippen LogP contribution in [-0.2, 0) is 20.8 Å². The standard InChI is InChI=1S/C20H19N3O7/c1-19(29)6-3-2-4-8(24)10(6)14-12-13(19)15(26)7-5-9(25)11(18(21)28)17(27)20(7,30)16(12)23-22-14/h2-4,7,13,15,24,26-27,29-30H,5H2,1H3,(H2,21,28)(H,22,23)/t7?,13?,15?,19-,20?/m1/s1. The second-order valence-corrected chi connectivity index (χ2v) is 8.26. The van der Waals surface area contributed by atoms with Crippen molar-refractivity contribution in [1.29, 1.82) is 0 Å². The first kappa shape index (κ1) is 18.8. The summed E-state index contributed by atoms with van der Waals surface area (Å²) in [6.45, 7) is 1.46. The third-order valence-corrected chi connectivity index (χ3v) is 6.75. The highest BCUT2D eigenvalue weighted by atomic mass is 16.3. The number of aromatic amines is 1. The summed E-state index contributed by atoms with van der Waals surface area (Å²) in [4.78, 5) is 24.2. The van der Waals surface area contributed by atoms with Gasteiger partial charge in [0.1, 0.15) is 22.8 Å². The number of primary amides is 1. The zero-order valence-electron chi connectivity index (χ0n) is 15.7. The number of rotatable bonds is 1. The van der Waals surface area contributed by atoms with Gasteiger partial charge >= 0.3 is 0 Å². The molecule has 0 spiro atoms. The topological polar surface area (TPSA) is 190 Å². The van der Waals surface area contributed by atoms with Crippen molar-refractivity contribution in [3.05, 3.63) is 46.4 Å². The van der Waals surface area contributed by atoms with Crippen molar-refractivity contribution in [3.8, 4) is 17.0 Å². The molecule has 2 aromatic rings. The number of aliphatic hydroxyl groups excluding tert-OH is 2. The number of Topliss-reactive ketones (excluding diaryl/α,β-unsaturated/α-hetero) is 1. The Kier molecular flexibility index (Phi) is 3.43. The number of aliphatic hydroxyl groups is 4. The molecule has 4 unspecified atom stereocenters. The number of nitrogens with zero attached hydrogens (tertiary/aromatic N) is 1. The smallest absolute Gasteiger partial charge is 0.255 e. The van der Waals surface area contributed by atoms with Gasteiger partial charge in [0.05, 0.1) is 23.0 Å². The zero-order valence-corrected chi connectivity index (χ0v) is 15.7. The summed E-state index contributed by atoms with van der Waals surface area (Å²) in [6.07, 6.45) is -1.97. The Morgan fingerprint density at radius 3 is 2.67 bits per heavy atom. The Hall–Kier alpha value is -3.21. The van der Waals surface area contributed by atoms with E-state index in [1.54, 1.807) is 12.1 Å². The van der Waals surface area contributed by atoms with Crippen molar-refractivity contribution < 1.29 is 35.1 Å². The van der Waals surface area contributed by atoms with E-state index in [2.05, 4.69) is 10.2 Å². The van der Waals surface area contributed by atoms with Crippen LogP contribution < -0.4 is 5.73 Å². The molecule has 156 valence electrons. The van der Waals surface area contributed by atoms with Gasteiger partial charge in [-0.1, -0.05) is 12.1 Å². The highest BCUT2D eigenvalue weighted by Crippen LogP contribution is 2.61. The van der Waals surface area contributed by atoms with E-state index in [0.717, 1.165) is 0 Å². The third kappa shape index (κ3) is 1.91. The van der Waals surface area contributed by atoms with E-state index >= 15 is 0 Å². The minimum Gasteiger partial charge on any atom is -0.508 e. The lowest BCUT2D eigenvalue weighted by molar-refractivity contribution is -0.149. The van der Waals surface area contributed by atoms with Crippen molar-refractivity contribution in [2.24, 2.45) is 11.7 Å². The Morgan fingerprint density at radius 2 is 2.00 bits per heavy atom. The van der Waals surface area contributed by atoms with Crippen LogP contribution in [0.15, 0.2) is 29.5 Å². The molecule has 5 atom stereocenters. The summed E-state index contributed by atoms with van der Waals surface area (Å²) in [7, 11) is 0. The number of H-pyrrole nitrogens is 1. The zero-order chi connectivity index (χ0) is 21.7. The third-order valence-electron chi connectivity index (χ3n) is 6.75. The number of hydrogen-bond donors (Lipinski definition) is 7. The van der Waals surface area contributed by atoms with Crippen LogP contribution in [0.3, 0.4) is 0 Å². The number of aromatic hydroxyl groups is 1. The molecule has 0 bridgehead atoms. The first-order valence-electron chi connectivity index (χ1n) is 9.34. The fourth-order valence-corrected chi connectivity index (χ4v) is 5.40. The summed E-state index contributed by atoms with van der Waals surface area (Å²) < 4.78 is 0. The summed E-state index contributed by atoms with van der Waals surface area (Å²) in [5, 5.41) is 62.1. The van der Waals surface area contributed by atoms with E-state index in [1.807, 2.05) is 0 Å². The summed E-state index contributed by atoms with van der Waals surface area (Å²) in [6, 6.07) is 4.55. The normalized spacial score (nSPS) is 34.3. The number of phenols is 1. The molecule has 1 aromatic carbocycles. The number of ketones is 1. The van der Waals surface area contributed by atoms with Crippen molar-refractivity contribution in [2.75, 3.05) is 0 Å². The first-order valence-corrected chi connectivity index (χ1v) is 9.34. The molecule has 3 aliphatic carbocycles. The molecular formula is C20H19N3O7. The Balaban J connectivity index is 1.88. The molecule has 5 rings (SSSR count). The number of aromatic nitrogens is 2. The van der Waals surface area contributed by atoms with Gasteiger partial charge in [0, 0.05) is 23.8 Å². The van der Waals surface area contributed by atoms with Gasteiger partial charge in [-0.25, -0.2) is 0 Å². The van der Waals surface area contributed by atoms with Crippen LogP contribution in [0, 0.1) is 5.92 Å². The number of fused-ring (bicyclic) bond motifs is 4. The van der Waals surface area contributed by atoms with Crippen molar-refractivity contribution in [1.82, 2.24) is 10.2 Å². The molecule has 1 amide bonds. The summed E-state index contributed by atoms with van der Waals surface area (Å²) in [5.74, 6) is -5.46. The van der Waals surface area contributed by atoms with E-state index in [4.69, 9.17) is 5.73 Å². The van der Waals surface area contributed by atoms with Crippen LogP contribution >= 0.6 is 0 Å². The Morgan fingerprint density at radius 1 is 1.30 bits per heavy atom. The summed E-state index contributed by atoms with van der Waals surface area (Å²) >= 11 is 0. The van der Waals surface area contributed by atoms with E-state index in [-0.39, 0.29) is 28.3 Å². The van der Waals surface area contributed by atoms with Gasteiger partial charge < -0.3 is 31.3 Å². The monoisotopic (exact) mass is 413 g/mol. The maximum absolute atomic E-state index is 12.5. The predicted octanol–water partition coefficient (Wildman–Crippen LogP) is -0.465. The summed E-state index contributed by atoms with van der Waals surface area (Å²) in [5.41, 5.74) is 1.27. The molecule has 1 heterocycles. The molecule has 0 fully saturated rings.